The summed E-state index contributed by atoms with van der Waals surface area (Å²) in [4.78, 5) is 0. The Hall–Kier alpha value is -1.74. The van der Waals surface area contributed by atoms with E-state index in [1.165, 1.54) is 23.8 Å². The van der Waals surface area contributed by atoms with Crippen LogP contribution in [0.15, 0.2) is 42.5 Å². The maximum Gasteiger partial charge on any atom is 0.130 e. The molecule has 112 valence electrons. The molecule has 3 heteroatoms. The molecule has 21 heavy (non-hydrogen) atoms. The van der Waals surface area contributed by atoms with Gasteiger partial charge in [-0.1, -0.05) is 44.2 Å². The Kier molecular flexibility index (Phi) is 5.45. The van der Waals surface area contributed by atoms with E-state index in [0.717, 1.165) is 12.0 Å². The molecule has 0 bridgehead atoms. The van der Waals surface area contributed by atoms with Crippen molar-refractivity contribution in [2.45, 2.75) is 32.7 Å². The van der Waals surface area contributed by atoms with E-state index in [1.807, 2.05) is 19.1 Å². The van der Waals surface area contributed by atoms with Crippen LogP contribution in [0.4, 0.5) is 8.78 Å². The van der Waals surface area contributed by atoms with Crippen LogP contribution in [-0.2, 0) is 12.8 Å². The Morgan fingerprint density at radius 2 is 1.48 bits per heavy atom. The second kappa shape index (κ2) is 7.32. The molecule has 0 saturated heterocycles. The fourth-order valence-electron chi connectivity index (χ4n) is 2.51. The molecule has 0 aliphatic heterocycles. The van der Waals surface area contributed by atoms with Crippen molar-refractivity contribution >= 4 is 0 Å². The molecule has 1 nitrogen and oxygen atoms in total. The van der Waals surface area contributed by atoms with E-state index in [0.29, 0.717) is 13.0 Å². The summed E-state index contributed by atoms with van der Waals surface area (Å²) in [5.41, 5.74) is 2.45. The van der Waals surface area contributed by atoms with Gasteiger partial charge in [-0.2, -0.15) is 0 Å². The number of nitrogens with one attached hydrogen (secondary N) is 1. The van der Waals surface area contributed by atoms with E-state index < -0.39 is 11.6 Å². The third kappa shape index (κ3) is 3.88. The highest BCUT2D eigenvalue weighted by atomic mass is 19.1. The summed E-state index contributed by atoms with van der Waals surface area (Å²) in [6.45, 7) is 4.70. The van der Waals surface area contributed by atoms with Crippen molar-refractivity contribution in [1.29, 1.82) is 0 Å². The SMILES string of the molecule is CCNC(Cc1ccc(CC)cc1)c1c(F)cccc1F. The molecule has 0 fully saturated rings. The monoisotopic (exact) mass is 289 g/mol. The summed E-state index contributed by atoms with van der Waals surface area (Å²) in [7, 11) is 0. The standard InChI is InChI=1S/C18H21F2N/c1-3-13-8-10-14(11-9-13)12-17(21-4-2)18-15(19)6-5-7-16(18)20/h5-11,17,21H,3-4,12H2,1-2H3. The van der Waals surface area contributed by atoms with Gasteiger partial charge in [-0.15, -0.1) is 0 Å². The quantitative estimate of drug-likeness (QED) is 0.830. The molecule has 0 saturated carbocycles. The highest BCUT2D eigenvalue weighted by molar-refractivity contribution is 5.28. The minimum atomic E-state index is -0.494. The lowest BCUT2D eigenvalue weighted by atomic mass is 9.97. The molecule has 1 atom stereocenters. The third-order valence-corrected chi connectivity index (χ3v) is 3.67. The molecule has 1 unspecified atom stereocenters. The number of benzene rings is 2. The highest BCUT2D eigenvalue weighted by Gasteiger charge is 2.19. The van der Waals surface area contributed by atoms with E-state index in [4.69, 9.17) is 0 Å². The van der Waals surface area contributed by atoms with Gasteiger partial charge in [0, 0.05) is 11.6 Å². The zero-order valence-electron chi connectivity index (χ0n) is 12.5. The van der Waals surface area contributed by atoms with Crippen LogP contribution in [0.2, 0.25) is 0 Å². The largest absolute Gasteiger partial charge is 0.310 e. The molecule has 0 radical (unpaired) electrons. The first-order chi connectivity index (χ1) is 10.2. The van der Waals surface area contributed by atoms with E-state index >= 15 is 0 Å². The van der Waals surface area contributed by atoms with Gasteiger partial charge >= 0.3 is 0 Å². The molecule has 2 rings (SSSR count). The van der Waals surface area contributed by atoms with Crippen LogP contribution < -0.4 is 5.32 Å². The maximum atomic E-state index is 14.0. The minimum Gasteiger partial charge on any atom is -0.310 e. The lowest BCUT2D eigenvalue weighted by molar-refractivity contribution is 0.473. The van der Waals surface area contributed by atoms with Gasteiger partial charge in [-0.3, -0.25) is 0 Å². The molecule has 0 amide bonds. The Balaban J connectivity index is 2.26. The topological polar surface area (TPSA) is 12.0 Å². The van der Waals surface area contributed by atoms with Gasteiger partial charge in [-0.25, -0.2) is 8.78 Å². The molecule has 0 aromatic heterocycles. The van der Waals surface area contributed by atoms with Gasteiger partial charge in [0.15, 0.2) is 0 Å². The Morgan fingerprint density at radius 3 is 2.00 bits per heavy atom. The molecular formula is C18H21F2N. The highest BCUT2D eigenvalue weighted by Crippen LogP contribution is 2.24. The summed E-state index contributed by atoms with van der Waals surface area (Å²) < 4.78 is 27.9. The summed E-state index contributed by atoms with van der Waals surface area (Å²) in [6, 6.07) is 11.8. The molecule has 0 heterocycles. The summed E-state index contributed by atoms with van der Waals surface area (Å²) in [6.07, 6.45) is 1.55. The Morgan fingerprint density at radius 1 is 0.905 bits per heavy atom. The average Bonchev–Trinajstić information content (AvgIpc) is 2.48. The number of hydrogen-bond acceptors (Lipinski definition) is 1. The second-order valence-electron chi connectivity index (χ2n) is 5.12. The van der Waals surface area contributed by atoms with E-state index in [-0.39, 0.29) is 11.6 Å². The van der Waals surface area contributed by atoms with Gasteiger partial charge < -0.3 is 5.32 Å². The van der Waals surface area contributed by atoms with Gasteiger partial charge in [0.2, 0.25) is 0 Å². The molecule has 2 aromatic carbocycles. The number of hydrogen-bond donors (Lipinski definition) is 1. The van der Waals surface area contributed by atoms with E-state index in [9.17, 15) is 8.78 Å². The number of aryl methyl sites for hydroxylation is 1. The predicted molar refractivity (Wildman–Crippen MR) is 82.3 cm³/mol. The minimum absolute atomic E-state index is 0.124. The zero-order chi connectivity index (χ0) is 15.2. The van der Waals surface area contributed by atoms with Crippen LogP contribution in [0.5, 0.6) is 0 Å². The van der Waals surface area contributed by atoms with Crippen molar-refractivity contribution in [3.8, 4) is 0 Å². The lowest BCUT2D eigenvalue weighted by Crippen LogP contribution is -2.25. The lowest BCUT2D eigenvalue weighted by Gasteiger charge is -2.20. The van der Waals surface area contributed by atoms with Crippen LogP contribution in [0.25, 0.3) is 0 Å². The number of likely N-dealkylation sites (N-methyl/N-ethyl adjacent to an activating group) is 1. The molecule has 0 aliphatic rings. The normalized spacial score (nSPS) is 12.4. The fraction of sp³-hybridized carbons (Fsp3) is 0.333. The summed E-state index contributed by atoms with van der Waals surface area (Å²) in [5, 5.41) is 3.18. The van der Waals surface area contributed by atoms with E-state index in [1.54, 1.807) is 0 Å². The molecule has 0 aliphatic carbocycles. The van der Waals surface area contributed by atoms with Crippen molar-refractivity contribution < 1.29 is 8.78 Å². The predicted octanol–water partition coefficient (Wildman–Crippen LogP) is 4.42. The van der Waals surface area contributed by atoms with Gasteiger partial charge in [-0.05, 0) is 42.6 Å². The van der Waals surface area contributed by atoms with Gasteiger partial charge in [0.05, 0.1) is 0 Å². The Bertz CT molecular complexity index is 558. The zero-order valence-corrected chi connectivity index (χ0v) is 12.5. The molecule has 1 N–H and O–H groups in total. The molecule has 2 aromatic rings. The van der Waals surface area contributed by atoms with Crippen LogP contribution >= 0.6 is 0 Å². The maximum absolute atomic E-state index is 14.0. The van der Waals surface area contributed by atoms with Crippen LogP contribution in [0.1, 0.15) is 36.6 Å². The molecule has 0 spiro atoms. The van der Waals surface area contributed by atoms with E-state index in [2.05, 4.69) is 24.4 Å². The van der Waals surface area contributed by atoms with Gasteiger partial charge in [0.1, 0.15) is 11.6 Å². The van der Waals surface area contributed by atoms with Crippen molar-refractivity contribution in [3.05, 3.63) is 70.8 Å². The van der Waals surface area contributed by atoms with Crippen LogP contribution in [0.3, 0.4) is 0 Å². The number of rotatable bonds is 6. The Labute approximate surface area is 125 Å². The summed E-state index contributed by atoms with van der Waals surface area (Å²) >= 11 is 0. The van der Waals surface area contributed by atoms with Gasteiger partial charge in [0.25, 0.3) is 0 Å². The fourth-order valence-corrected chi connectivity index (χ4v) is 2.51. The molecular weight excluding hydrogens is 268 g/mol. The van der Waals surface area contributed by atoms with Crippen molar-refractivity contribution in [2.24, 2.45) is 0 Å². The third-order valence-electron chi connectivity index (χ3n) is 3.67. The number of halogens is 2. The first-order valence-corrected chi connectivity index (χ1v) is 7.40. The smallest absolute Gasteiger partial charge is 0.130 e. The average molecular weight is 289 g/mol. The second-order valence-corrected chi connectivity index (χ2v) is 5.12. The summed E-state index contributed by atoms with van der Waals surface area (Å²) in [5.74, 6) is -0.989. The van der Waals surface area contributed by atoms with Crippen molar-refractivity contribution in [3.63, 3.8) is 0 Å². The van der Waals surface area contributed by atoms with Crippen LogP contribution in [-0.4, -0.2) is 6.54 Å². The van der Waals surface area contributed by atoms with Crippen molar-refractivity contribution in [1.82, 2.24) is 5.32 Å². The van der Waals surface area contributed by atoms with Crippen molar-refractivity contribution in [2.75, 3.05) is 6.54 Å². The first-order valence-electron chi connectivity index (χ1n) is 7.40. The van der Waals surface area contributed by atoms with Crippen LogP contribution in [0, 0.1) is 11.6 Å². The first kappa shape index (κ1) is 15.6.